The number of alkyl halides is 3. The van der Waals surface area contributed by atoms with Crippen molar-refractivity contribution in [3.63, 3.8) is 0 Å². The zero-order valence-corrected chi connectivity index (χ0v) is 21.7. The summed E-state index contributed by atoms with van der Waals surface area (Å²) in [7, 11) is 0. The van der Waals surface area contributed by atoms with E-state index in [4.69, 9.17) is 23.2 Å². The quantitative estimate of drug-likeness (QED) is 0.266. The molecule has 0 unspecified atom stereocenters. The molecular formula is C25H21Cl2F3N6O2. The number of carbonyl (C=O) groups excluding carboxylic acids is 1. The van der Waals surface area contributed by atoms with Crippen LogP contribution in [0, 0.1) is 0 Å². The topological polar surface area (TPSA) is 78.1 Å². The Morgan fingerprint density at radius 2 is 1.92 bits per heavy atom. The molecule has 1 aliphatic heterocycles. The molecule has 0 saturated carbocycles. The number of amides is 1. The average Bonchev–Trinajstić information content (AvgIpc) is 3.44. The van der Waals surface area contributed by atoms with Gasteiger partial charge < -0.3 is 4.74 Å². The van der Waals surface area contributed by atoms with Crippen LogP contribution in [0.1, 0.15) is 31.9 Å². The molecule has 1 amide bonds. The molecule has 13 heteroatoms. The number of rotatable bonds is 6. The van der Waals surface area contributed by atoms with Gasteiger partial charge in [0.25, 0.3) is 0 Å². The van der Waals surface area contributed by atoms with Gasteiger partial charge in [-0.2, -0.15) is 10.2 Å². The number of hydrogen-bond donors (Lipinski definition) is 0. The van der Waals surface area contributed by atoms with Crippen LogP contribution in [-0.2, 0) is 17.9 Å². The van der Waals surface area contributed by atoms with Crippen molar-refractivity contribution in [1.82, 2.24) is 24.5 Å². The molecule has 0 saturated heterocycles. The molecule has 8 nitrogen and oxygen atoms in total. The maximum Gasteiger partial charge on any atom is 0.573 e. The summed E-state index contributed by atoms with van der Waals surface area (Å²) < 4.78 is 46.2. The summed E-state index contributed by atoms with van der Waals surface area (Å²) >= 11 is 12.9. The van der Waals surface area contributed by atoms with E-state index in [-0.39, 0.29) is 41.2 Å². The van der Waals surface area contributed by atoms with Gasteiger partial charge in [-0.3, -0.25) is 19.4 Å². The Kier molecular flexibility index (Phi) is 6.83. The average molecular weight is 565 g/mol. The van der Waals surface area contributed by atoms with E-state index in [1.165, 1.54) is 18.3 Å². The van der Waals surface area contributed by atoms with Gasteiger partial charge in [-0.05, 0) is 37.6 Å². The highest BCUT2D eigenvalue weighted by Gasteiger charge is 2.33. The maximum absolute atomic E-state index is 12.9. The van der Waals surface area contributed by atoms with E-state index in [1.807, 2.05) is 13.8 Å². The largest absolute Gasteiger partial charge is 0.573 e. The van der Waals surface area contributed by atoms with E-state index in [0.29, 0.717) is 34.3 Å². The minimum atomic E-state index is -4.88. The van der Waals surface area contributed by atoms with Gasteiger partial charge in [-0.15, -0.1) is 13.2 Å². The molecule has 0 radical (unpaired) electrons. The van der Waals surface area contributed by atoms with Gasteiger partial charge in [0.05, 0.1) is 29.3 Å². The number of benzene rings is 1. The molecule has 0 N–H and O–H groups in total. The highest BCUT2D eigenvalue weighted by Crippen LogP contribution is 2.37. The van der Waals surface area contributed by atoms with E-state index in [9.17, 15) is 18.0 Å². The third-order valence-electron chi connectivity index (χ3n) is 5.98. The van der Waals surface area contributed by atoms with Crippen molar-refractivity contribution < 1.29 is 22.7 Å². The van der Waals surface area contributed by atoms with Crippen LogP contribution in [0.15, 0.2) is 48.8 Å². The molecular weight excluding hydrogens is 544 g/mol. The van der Waals surface area contributed by atoms with E-state index in [2.05, 4.69) is 19.9 Å². The van der Waals surface area contributed by atoms with Crippen molar-refractivity contribution in [2.24, 2.45) is 0 Å². The summed E-state index contributed by atoms with van der Waals surface area (Å²) in [6.07, 6.45) is -1.71. The van der Waals surface area contributed by atoms with Gasteiger partial charge >= 0.3 is 6.36 Å². The molecule has 0 aliphatic carbocycles. The normalized spacial score (nSPS) is 13.8. The Morgan fingerprint density at radius 1 is 1.13 bits per heavy atom. The van der Waals surface area contributed by atoms with E-state index in [1.54, 1.807) is 44.7 Å². The maximum atomic E-state index is 12.9. The first-order valence-electron chi connectivity index (χ1n) is 11.6. The number of aryl methyl sites for hydroxylation is 1. The smallest absolute Gasteiger partial charge is 0.403 e. The number of anilines is 1. The monoisotopic (exact) mass is 564 g/mol. The Balaban J connectivity index is 1.45. The Morgan fingerprint density at radius 3 is 2.63 bits per heavy atom. The van der Waals surface area contributed by atoms with E-state index >= 15 is 0 Å². The highest BCUT2D eigenvalue weighted by molar-refractivity contribution is 6.33. The molecule has 1 aromatic carbocycles. The van der Waals surface area contributed by atoms with Crippen molar-refractivity contribution in [3.05, 3.63) is 64.4 Å². The second-order valence-electron chi connectivity index (χ2n) is 8.93. The number of ether oxygens (including phenoxy) is 1. The SMILES string of the molecule is CC(C)n1ncc(Cl)c1-c1cc2n(n1)CCC(=O)N2Cc1ccc(-c2ncccc2OC(F)(F)F)c(Cl)c1. The predicted octanol–water partition coefficient (Wildman–Crippen LogP) is 6.53. The number of nitrogens with zero attached hydrogens (tertiary/aromatic N) is 6. The molecule has 5 rings (SSSR count). The lowest BCUT2D eigenvalue weighted by Crippen LogP contribution is -2.36. The van der Waals surface area contributed by atoms with Gasteiger partial charge in [-0.1, -0.05) is 35.3 Å². The molecule has 0 fully saturated rings. The molecule has 38 heavy (non-hydrogen) atoms. The van der Waals surface area contributed by atoms with Crippen molar-refractivity contribution in [1.29, 1.82) is 0 Å². The van der Waals surface area contributed by atoms with Crippen LogP contribution >= 0.6 is 23.2 Å². The molecule has 4 heterocycles. The molecule has 198 valence electrons. The fourth-order valence-electron chi connectivity index (χ4n) is 4.34. The van der Waals surface area contributed by atoms with Crippen LogP contribution < -0.4 is 9.64 Å². The Bertz CT molecular complexity index is 1520. The fourth-order valence-corrected chi connectivity index (χ4v) is 4.86. The summed E-state index contributed by atoms with van der Waals surface area (Å²) in [6, 6.07) is 9.19. The van der Waals surface area contributed by atoms with Crippen LogP contribution in [0.2, 0.25) is 10.0 Å². The lowest BCUT2D eigenvalue weighted by Gasteiger charge is -2.27. The third-order valence-corrected chi connectivity index (χ3v) is 6.57. The first-order valence-corrected chi connectivity index (χ1v) is 12.4. The molecule has 1 aliphatic rings. The lowest BCUT2D eigenvalue weighted by atomic mass is 10.1. The van der Waals surface area contributed by atoms with Crippen LogP contribution in [0.3, 0.4) is 0 Å². The Labute approximate surface area is 225 Å². The van der Waals surface area contributed by atoms with Gasteiger partial charge in [-0.25, -0.2) is 4.68 Å². The molecule has 0 atom stereocenters. The minimum absolute atomic E-state index is 0.0446. The number of aromatic nitrogens is 5. The summed E-state index contributed by atoms with van der Waals surface area (Å²) in [4.78, 5) is 18.5. The van der Waals surface area contributed by atoms with Crippen LogP contribution in [-0.4, -0.2) is 36.8 Å². The lowest BCUT2D eigenvalue weighted by molar-refractivity contribution is -0.274. The van der Waals surface area contributed by atoms with Crippen molar-refractivity contribution in [2.45, 2.75) is 45.8 Å². The first-order chi connectivity index (χ1) is 18.0. The van der Waals surface area contributed by atoms with Gasteiger partial charge in [0, 0.05) is 30.3 Å². The molecule has 0 bridgehead atoms. The number of hydrogen-bond acceptors (Lipinski definition) is 5. The second-order valence-corrected chi connectivity index (χ2v) is 9.75. The van der Waals surface area contributed by atoms with Crippen LogP contribution in [0.4, 0.5) is 19.0 Å². The minimum Gasteiger partial charge on any atom is -0.403 e. The summed E-state index contributed by atoms with van der Waals surface area (Å²) in [5, 5.41) is 9.63. The first kappa shape index (κ1) is 26.1. The highest BCUT2D eigenvalue weighted by atomic mass is 35.5. The summed E-state index contributed by atoms with van der Waals surface area (Å²) in [6.45, 7) is 4.55. The number of carbonyl (C=O) groups is 1. The van der Waals surface area contributed by atoms with Gasteiger partial charge in [0.15, 0.2) is 5.75 Å². The number of fused-ring (bicyclic) bond motifs is 1. The van der Waals surface area contributed by atoms with E-state index < -0.39 is 12.1 Å². The second kappa shape index (κ2) is 9.95. The molecule has 4 aromatic rings. The van der Waals surface area contributed by atoms with Crippen LogP contribution in [0.5, 0.6) is 5.75 Å². The molecule has 0 spiro atoms. The number of pyridine rings is 1. The number of halogens is 5. The van der Waals surface area contributed by atoms with E-state index in [0.717, 1.165) is 0 Å². The standard InChI is InChI=1S/C25H21Cl2F3N6O2/c1-14(2)36-24(18(27)12-32-36)19-11-21-34(22(37)7-9-35(21)33-19)13-15-5-6-16(17(26)10-15)23-20(4-3-8-31-23)38-25(28,29)30/h3-6,8,10-12,14H,7,9,13H2,1-2H3. The zero-order chi connectivity index (χ0) is 27.2. The predicted molar refractivity (Wildman–Crippen MR) is 136 cm³/mol. The van der Waals surface area contributed by atoms with Crippen molar-refractivity contribution >= 4 is 34.9 Å². The summed E-state index contributed by atoms with van der Waals surface area (Å²) in [5.74, 6) is 0.0319. The zero-order valence-electron chi connectivity index (χ0n) is 20.2. The summed E-state index contributed by atoms with van der Waals surface area (Å²) in [5.41, 5.74) is 2.15. The van der Waals surface area contributed by atoms with Gasteiger partial charge in [0.1, 0.15) is 22.9 Å². The van der Waals surface area contributed by atoms with Crippen LogP contribution in [0.25, 0.3) is 22.6 Å². The fraction of sp³-hybridized carbons (Fsp3) is 0.280. The van der Waals surface area contributed by atoms with Crippen molar-refractivity contribution in [3.8, 4) is 28.4 Å². The molecule has 3 aromatic heterocycles. The van der Waals surface area contributed by atoms with Crippen molar-refractivity contribution in [2.75, 3.05) is 4.90 Å². The third kappa shape index (κ3) is 5.08. The Hall–Kier alpha value is -3.57. The van der Waals surface area contributed by atoms with Gasteiger partial charge in [0.2, 0.25) is 5.91 Å².